The van der Waals surface area contributed by atoms with Crippen molar-refractivity contribution in [2.75, 3.05) is 31.5 Å². The van der Waals surface area contributed by atoms with Gasteiger partial charge >= 0.3 is 0 Å². The van der Waals surface area contributed by atoms with Gasteiger partial charge in [-0.25, -0.2) is 9.97 Å². The molecule has 0 saturated carbocycles. The monoisotopic (exact) mass is 325 g/mol. The maximum absolute atomic E-state index is 9.65. The minimum absolute atomic E-state index is 0.248. The number of aromatic amines is 1. The molecule has 0 unspecified atom stereocenters. The number of likely N-dealkylation sites (tertiary alicyclic amines) is 1. The highest BCUT2D eigenvalue weighted by molar-refractivity contribution is 6.11. The van der Waals surface area contributed by atoms with Crippen LogP contribution in [0.2, 0.25) is 0 Å². The predicted molar refractivity (Wildman–Crippen MR) is 96.5 cm³/mol. The van der Waals surface area contributed by atoms with Crippen LogP contribution in [0.4, 0.5) is 5.82 Å². The van der Waals surface area contributed by atoms with Gasteiger partial charge in [-0.2, -0.15) is 0 Å². The first kappa shape index (κ1) is 15.2. The molecule has 1 aliphatic heterocycles. The fourth-order valence-corrected chi connectivity index (χ4v) is 3.54. The van der Waals surface area contributed by atoms with E-state index in [0.29, 0.717) is 0 Å². The third-order valence-corrected chi connectivity index (χ3v) is 4.77. The smallest absolute Gasteiger partial charge is 0.143 e. The standard InChI is InChI=1S/C18H23N5O/c24-13-5-6-14-15(11-13)22-18-16(14)17(20-12-21-18)19-7-4-10-23-8-2-1-3-9-23/h5-6,11-12,24H,1-4,7-10H2,(H2,19,20,21,22). The van der Waals surface area contributed by atoms with Gasteiger partial charge in [-0.05, 0) is 51.0 Å². The molecular formula is C18H23N5O. The van der Waals surface area contributed by atoms with Gasteiger partial charge in [-0.3, -0.25) is 0 Å². The van der Waals surface area contributed by atoms with E-state index in [-0.39, 0.29) is 5.75 Å². The summed E-state index contributed by atoms with van der Waals surface area (Å²) in [6.07, 6.45) is 6.73. The van der Waals surface area contributed by atoms with Crippen LogP contribution in [0.1, 0.15) is 25.7 Å². The van der Waals surface area contributed by atoms with Crippen molar-refractivity contribution in [2.45, 2.75) is 25.7 Å². The van der Waals surface area contributed by atoms with Crippen molar-refractivity contribution < 1.29 is 5.11 Å². The number of phenolic OH excluding ortho intramolecular Hbond substituents is 1. The van der Waals surface area contributed by atoms with Crippen molar-refractivity contribution in [3.05, 3.63) is 24.5 Å². The molecule has 0 amide bonds. The molecular weight excluding hydrogens is 302 g/mol. The third-order valence-electron chi connectivity index (χ3n) is 4.77. The number of aromatic hydroxyl groups is 1. The van der Waals surface area contributed by atoms with E-state index < -0.39 is 0 Å². The molecule has 24 heavy (non-hydrogen) atoms. The summed E-state index contributed by atoms with van der Waals surface area (Å²) in [6.45, 7) is 4.52. The number of H-pyrrole nitrogens is 1. The minimum atomic E-state index is 0.248. The molecule has 1 saturated heterocycles. The normalized spacial score (nSPS) is 16.0. The average molecular weight is 325 g/mol. The van der Waals surface area contributed by atoms with E-state index in [0.717, 1.165) is 47.3 Å². The van der Waals surface area contributed by atoms with Gasteiger partial charge in [0.2, 0.25) is 0 Å². The SMILES string of the molecule is Oc1ccc2c(c1)[nH]c1ncnc(NCCCN3CCCCC3)c12. The summed E-state index contributed by atoms with van der Waals surface area (Å²) < 4.78 is 0. The van der Waals surface area contributed by atoms with Crippen molar-refractivity contribution in [2.24, 2.45) is 0 Å². The van der Waals surface area contributed by atoms with Gasteiger partial charge in [-0.1, -0.05) is 6.42 Å². The lowest BCUT2D eigenvalue weighted by Gasteiger charge is -2.26. The first-order valence-corrected chi connectivity index (χ1v) is 8.73. The third kappa shape index (κ3) is 3.01. The number of aromatic nitrogens is 3. The molecule has 2 aromatic heterocycles. The Morgan fingerprint density at radius 2 is 2.04 bits per heavy atom. The zero-order chi connectivity index (χ0) is 16.4. The maximum Gasteiger partial charge on any atom is 0.143 e. The molecule has 3 aromatic rings. The molecule has 4 rings (SSSR count). The van der Waals surface area contributed by atoms with E-state index in [1.54, 1.807) is 18.5 Å². The predicted octanol–water partition coefficient (Wildman–Crippen LogP) is 3.10. The largest absolute Gasteiger partial charge is 0.508 e. The Bertz CT molecular complexity index is 838. The van der Waals surface area contributed by atoms with Crippen molar-refractivity contribution in [1.29, 1.82) is 0 Å². The van der Waals surface area contributed by atoms with Gasteiger partial charge in [0.25, 0.3) is 0 Å². The van der Waals surface area contributed by atoms with E-state index >= 15 is 0 Å². The molecule has 6 nitrogen and oxygen atoms in total. The number of benzene rings is 1. The van der Waals surface area contributed by atoms with Crippen molar-refractivity contribution in [1.82, 2.24) is 19.9 Å². The molecule has 6 heteroatoms. The van der Waals surface area contributed by atoms with Crippen molar-refractivity contribution in [3.63, 3.8) is 0 Å². The average Bonchev–Trinajstić information content (AvgIpc) is 2.97. The maximum atomic E-state index is 9.65. The van der Waals surface area contributed by atoms with Crippen LogP contribution in [-0.4, -0.2) is 51.1 Å². The molecule has 1 aliphatic rings. The Morgan fingerprint density at radius 3 is 2.92 bits per heavy atom. The molecule has 0 spiro atoms. The molecule has 0 atom stereocenters. The number of hydrogen-bond donors (Lipinski definition) is 3. The van der Waals surface area contributed by atoms with Crippen molar-refractivity contribution in [3.8, 4) is 5.75 Å². The second-order valence-electron chi connectivity index (χ2n) is 6.48. The van der Waals surface area contributed by atoms with Crippen LogP contribution >= 0.6 is 0 Å². The van der Waals surface area contributed by atoms with E-state index in [1.807, 2.05) is 6.07 Å². The Labute approximate surface area is 140 Å². The van der Waals surface area contributed by atoms with Gasteiger partial charge < -0.3 is 20.3 Å². The molecule has 1 fully saturated rings. The topological polar surface area (TPSA) is 77.1 Å². The Balaban J connectivity index is 1.48. The quantitative estimate of drug-likeness (QED) is 0.628. The molecule has 3 heterocycles. The second kappa shape index (κ2) is 6.65. The van der Waals surface area contributed by atoms with Crippen LogP contribution in [0.25, 0.3) is 21.9 Å². The summed E-state index contributed by atoms with van der Waals surface area (Å²) >= 11 is 0. The van der Waals surface area contributed by atoms with Crippen LogP contribution in [0.5, 0.6) is 5.75 Å². The molecule has 126 valence electrons. The lowest BCUT2D eigenvalue weighted by Crippen LogP contribution is -2.31. The van der Waals surface area contributed by atoms with E-state index in [9.17, 15) is 5.11 Å². The lowest BCUT2D eigenvalue weighted by atomic mass is 10.1. The summed E-state index contributed by atoms with van der Waals surface area (Å²) in [7, 11) is 0. The van der Waals surface area contributed by atoms with Crippen LogP contribution in [0.3, 0.4) is 0 Å². The van der Waals surface area contributed by atoms with E-state index in [4.69, 9.17) is 0 Å². The number of piperidine rings is 1. The summed E-state index contributed by atoms with van der Waals surface area (Å²) in [6, 6.07) is 5.33. The first-order valence-electron chi connectivity index (χ1n) is 8.73. The zero-order valence-corrected chi connectivity index (χ0v) is 13.8. The minimum Gasteiger partial charge on any atom is -0.508 e. The number of hydrogen-bond acceptors (Lipinski definition) is 5. The Hall–Kier alpha value is -2.34. The number of phenols is 1. The summed E-state index contributed by atoms with van der Waals surface area (Å²) in [4.78, 5) is 14.5. The highest BCUT2D eigenvalue weighted by atomic mass is 16.3. The molecule has 0 aliphatic carbocycles. The highest BCUT2D eigenvalue weighted by Crippen LogP contribution is 2.30. The van der Waals surface area contributed by atoms with Crippen LogP contribution in [-0.2, 0) is 0 Å². The Kier molecular flexibility index (Phi) is 4.21. The van der Waals surface area contributed by atoms with E-state index in [1.165, 1.54) is 32.4 Å². The fraction of sp³-hybridized carbons (Fsp3) is 0.444. The zero-order valence-electron chi connectivity index (χ0n) is 13.8. The van der Waals surface area contributed by atoms with Gasteiger partial charge in [0.15, 0.2) is 0 Å². The van der Waals surface area contributed by atoms with E-state index in [2.05, 4.69) is 25.2 Å². The van der Waals surface area contributed by atoms with Crippen LogP contribution < -0.4 is 5.32 Å². The summed E-state index contributed by atoms with van der Waals surface area (Å²) in [5, 5.41) is 15.1. The van der Waals surface area contributed by atoms with Crippen LogP contribution in [0.15, 0.2) is 24.5 Å². The number of nitrogens with one attached hydrogen (secondary N) is 2. The first-order chi connectivity index (χ1) is 11.8. The van der Waals surface area contributed by atoms with Crippen LogP contribution in [0, 0.1) is 0 Å². The van der Waals surface area contributed by atoms with Gasteiger partial charge in [-0.15, -0.1) is 0 Å². The van der Waals surface area contributed by atoms with Crippen molar-refractivity contribution >= 4 is 27.8 Å². The molecule has 0 bridgehead atoms. The van der Waals surface area contributed by atoms with Gasteiger partial charge in [0.05, 0.1) is 10.9 Å². The number of nitrogens with zero attached hydrogens (tertiary/aromatic N) is 3. The number of fused-ring (bicyclic) bond motifs is 3. The molecule has 1 aromatic carbocycles. The van der Waals surface area contributed by atoms with Gasteiger partial charge in [0.1, 0.15) is 23.5 Å². The second-order valence-corrected chi connectivity index (χ2v) is 6.48. The fourth-order valence-electron chi connectivity index (χ4n) is 3.54. The summed E-state index contributed by atoms with van der Waals surface area (Å²) in [5.41, 5.74) is 1.67. The lowest BCUT2D eigenvalue weighted by molar-refractivity contribution is 0.228. The number of anilines is 1. The van der Waals surface area contributed by atoms with Gasteiger partial charge in [0, 0.05) is 18.0 Å². The Morgan fingerprint density at radius 1 is 1.17 bits per heavy atom. The highest BCUT2D eigenvalue weighted by Gasteiger charge is 2.12. The molecule has 3 N–H and O–H groups in total. The summed E-state index contributed by atoms with van der Waals surface area (Å²) in [5.74, 6) is 1.11. The number of rotatable bonds is 5. The molecule has 0 radical (unpaired) electrons.